The highest BCUT2D eigenvalue weighted by atomic mass is 79.9. The quantitative estimate of drug-likeness (QED) is 0.795. The fraction of sp³-hybridized carbons (Fsp3) is 0.200. The third kappa shape index (κ3) is 2.67. The van der Waals surface area contributed by atoms with Crippen molar-refractivity contribution >= 4 is 27.3 Å². The lowest BCUT2D eigenvalue weighted by Gasteiger charge is -2.10. The van der Waals surface area contributed by atoms with E-state index in [-0.39, 0.29) is 0 Å². The number of rotatable bonds is 3. The summed E-state index contributed by atoms with van der Waals surface area (Å²) in [5, 5.41) is 7.81. The highest BCUT2D eigenvalue weighted by Gasteiger charge is 2.02. The monoisotopic (exact) mass is 330 g/mol. The van der Waals surface area contributed by atoms with Crippen molar-refractivity contribution < 1.29 is 0 Å². The normalized spacial score (nSPS) is 10.9. The fourth-order valence-corrected chi connectivity index (χ4v) is 2.47. The van der Waals surface area contributed by atoms with Crippen LogP contribution in [0.5, 0.6) is 0 Å². The third-order valence-electron chi connectivity index (χ3n) is 3.17. The number of nitrogens with zero attached hydrogens (tertiary/aromatic N) is 3. The van der Waals surface area contributed by atoms with Crippen LogP contribution in [0.25, 0.3) is 5.65 Å². The number of aromatic nitrogens is 3. The Morgan fingerprint density at radius 2 is 2.10 bits per heavy atom. The number of halogens is 1. The van der Waals surface area contributed by atoms with E-state index in [0.29, 0.717) is 0 Å². The molecule has 0 aliphatic heterocycles. The van der Waals surface area contributed by atoms with E-state index in [2.05, 4.69) is 50.4 Å². The summed E-state index contributed by atoms with van der Waals surface area (Å²) in [7, 11) is 0. The predicted octanol–water partition coefficient (Wildman–Crippen LogP) is 3.72. The van der Waals surface area contributed by atoms with Crippen LogP contribution in [0.1, 0.15) is 16.8 Å². The van der Waals surface area contributed by atoms with Crippen LogP contribution < -0.4 is 5.32 Å². The van der Waals surface area contributed by atoms with Crippen molar-refractivity contribution in [2.24, 2.45) is 0 Å². The number of hydrogen-bond acceptors (Lipinski definition) is 3. The maximum Gasteiger partial charge on any atom is 0.155 e. The second-order valence-corrected chi connectivity index (χ2v) is 5.78. The topological polar surface area (TPSA) is 42.2 Å². The molecule has 0 unspecified atom stereocenters. The van der Waals surface area contributed by atoms with Crippen LogP contribution in [0.15, 0.2) is 41.1 Å². The van der Waals surface area contributed by atoms with E-state index >= 15 is 0 Å². The number of benzene rings is 1. The number of nitrogens with one attached hydrogen (secondary N) is 1. The molecule has 0 amide bonds. The average molecular weight is 331 g/mol. The molecule has 1 aromatic carbocycles. The Hall–Kier alpha value is -1.88. The minimum Gasteiger partial charge on any atom is -0.381 e. The molecule has 3 aromatic rings. The van der Waals surface area contributed by atoms with Gasteiger partial charge in [0.1, 0.15) is 0 Å². The summed E-state index contributed by atoms with van der Waals surface area (Å²) in [6.07, 6.45) is 3.90. The molecule has 3 rings (SSSR count). The Kier molecular flexibility index (Phi) is 3.44. The van der Waals surface area contributed by atoms with Gasteiger partial charge in [-0.15, -0.1) is 0 Å². The Balaban J connectivity index is 1.80. The van der Waals surface area contributed by atoms with E-state index in [1.165, 1.54) is 5.56 Å². The van der Waals surface area contributed by atoms with Crippen LogP contribution in [-0.2, 0) is 6.54 Å². The lowest BCUT2D eigenvalue weighted by Crippen LogP contribution is -2.03. The van der Waals surface area contributed by atoms with E-state index in [9.17, 15) is 0 Å². The first-order valence-corrected chi connectivity index (χ1v) is 7.22. The Morgan fingerprint density at radius 3 is 2.95 bits per heavy atom. The van der Waals surface area contributed by atoms with Crippen LogP contribution in [0, 0.1) is 13.8 Å². The molecule has 0 saturated carbocycles. The van der Waals surface area contributed by atoms with Crippen LogP contribution in [-0.4, -0.2) is 14.6 Å². The van der Waals surface area contributed by atoms with Crippen LogP contribution >= 0.6 is 15.9 Å². The second kappa shape index (κ2) is 5.25. The minimum absolute atomic E-state index is 0.721. The molecule has 20 heavy (non-hydrogen) atoms. The molecule has 0 spiro atoms. The van der Waals surface area contributed by atoms with Gasteiger partial charge in [-0.1, -0.05) is 22.0 Å². The van der Waals surface area contributed by atoms with Crippen molar-refractivity contribution in [3.63, 3.8) is 0 Å². The molecule has 2 heterocycles. The Bertz CT molecular complexity index is 764. The van der Waals surface area contributed by atoms with E-state index in [1.54, 1.807) is 0 Å². The van der Waals surface area contributed by atoms with Crippen molar-refractivity contribution in [2.45, 2.75) is 20.4 Å². The van der Waals surface area contributed by atoms with Crippen LogP contribution in [0.2, 0.25) is 0 Å². The van der Waals surface area contributed by atoms with Gasteiger partial charge in [-0.3, -0.25) is 0 Å². The number of fused-ring (bicyclic) bond motifs is 1. The maximum absolute atomic E-state index is 4.41. The summed E-state index contributed by atoms with van der Waals surface area (Å²) >= 11 is 3.49. The molecule has 5 heteroatoms. The largest absolute Gasteiger partial charge is 0.381 e. The summed E-state index contributed by atoms with van der Waals surface area (Å²) in [6, 6.07) is 8.18. The first kappa shape index (κ1) is 13.1. The molecule has 0 radical (unpaired) electrons. The number of aryl methyl sites for hydroxylation is 2. The van der Waals surface area contributed by atoms with Crippen molar-refractivity contribution in [1.29, 1.82) is 0 Å². The fourth-order valence-electron chi connectivity index (χ4n) is 2.11. The molecule has 2 aromatic heterocycles. The molecule has 102 valence electrons. The summed E-state index contributed by atoms with van der Waals surface area (Å²) in [6.45, 7) is 4.78. The smallest absolute Gasteiger partial charge is 0.155 e. The molecule has 0 atom stereocenters. The first-order chi connectivity index (χ1) is 9.61. The molecule has 0 bridgehead atoms. The van der Waals surface area contributed by atoms with Crippen molar-refractivity contribution in [1.82, 2.24) is 14.6 Å². The molecule has 1 N–H and O–H groups in total. The third-order valence-corrected chi connectivity index (χ3v) is 3.66. The lowest BCUT2D eigenvalue weighted by atomic mass is 10.2. The first-order valence-electron chi connectivity index (χ1n) is 6.43. The van der Waals surface area contributed by atoms with E-state index in [4.69, 9.17) is 0 Å². The molecular weight excluding hydrogens is 316 g/mol. The van der Waals surface area contributed by atoms with Gasteiger partial charge in [0, 0.05) is 40.7 Å². The van der Waals surface area contributed by atoms with Gasteiger partial charge in [-0.25, -0.2) is 9.50 Å². The zero-order valence-electron chi connectivity index (χ0n) is 11.4. The van der Waals surface area contributed by atoms with Crippen LogP contribution in [0.3, 0.4) is 0 Å². The van der Waals surface area contributed by atoms with Gasteiger partial charge in [-0.2, -0.15) is 5.10 Å². The van der Waals surface area contributed by atoms with E-state index < -0.39 is 0 Å². The molecule has 0 aliphatic carbocycles. The summed E-state index contributed by atoms with van der Waals surface area (Å²) in [5.74, 6) is 0. The summed E-state index contributed by atoms with van der Waals surface area (Å²) < 4.78 is 2.89. The Labute approximate surface area is 126 Å². The highest BCUT2D eigenvalue weighted by Crippen LogP contribution is 2.21. The van der Waals surface area contributed by atoms with Crippen molar-refractivity contribution in [2.75, 3.05) is 5.32 Å². The van der Waals surface area contributed by atoms with Gasteiger partial charge in [0.05, 0.1) is 5.69 Å². The SMILES string of the molecule is Cc1cc2ncc(CNc3cc(Br)ccc3C)cn2n1. The van der Waals surface area contributed by atoms with Gasteiger partial charge < -0.3 is 5.32 Å². The average Bonchev–Trinajstić information content (AvgIpc) is 2.79. The van der Waals surface area contributed by atoms with Crippen molar-refractivity contribution in [3.8, 4) is 0 Å². The Morgan fingerprint density at radius 1 is 1.25 bits per heavy atom. The number of hydrogen-bond donors (Lipinski definition) is 1. The van der Waals surface area contributed by atoms with Gasteiger partial charge in [0.25, 0.3) is 0 Å². The van der Waals surface area contributed by atoms with Gasteiger partial charge in [0.2, 0.25) is 0 Å². The van der Waals surface area contributed by atoms with Gasteiger partial charge in [-0.05, 0) is 31.5 Å². The van der Waals surface area contributed by atoms with Gasteiger partial charge >= 0.3 is 0 Å². The molecule has 4 nitrogen and oxygen atoms in total. The second-order valence-electron chi connectivity index (χ2n) is 4.86. The standard InChI is InChI=1S/C15H15BrN4/c1-10-3-4-13(16)6-14(10)17-7-12-8-18-15-5-11(2)19-20(15)9-12/h3-6,8-9,17H,7H2,1-2H3. The van der Waals surface area contributed by atoms with E-state index in [1.807, 2.05) is 36.0 Å². The predicted molar refractivity (Wildman–Crippen MR) is 83.9 cm³/mol. The zero-order chi connectivity index (χ0) is 14.1. The molecule has 0 saturated heterocycles. The van der Waals surface area contributed by atoms with E-state index in [0.717, 1.165) is 33.6 Å². The molecular formula is C15H15BrN4. The molecule has 0 fully saturated rings. The van der Waals surface area contributed by atoms with Crippen LogP contribution in [0.4, 0.5) is 5.69 Å². The van der Waals surface area contributed by atoms with Crippen molar-refractivity contribution in [3.05, 3.63) is 58.0 Å². The summed E-state index contributed by atoms with van der Waals surface area (Å²) in [5.41, 5.74) is 5.29. The van der Waals surface area contributed by atoms with Gasteiger partial charge in [0.15, 0.2) is 5.65 Å². The number of anilines is 1. The summed E-state index contributed by atoms with van der Waals surface area (Å²) in [4.78, 5) is 4.41. The maximum atomic E-state index is 4.41. The zero-order valence-corrected chi connectivity index (χ0v) is 13.0. The highest BCUT2D eigenvalue weighted by molar-refractivity contribution is 9.10. The minimum atomic E-state index is 0.721. The lowest BCUT2D eigenvalue weighted by molar-refractivity contribution is 0.895. The molecule has 0 aliphatic rings.